The number of nitrogens with zero attached hydrogens (tertiary/aromatic N) is 1. The lowest BCUT2D eigenvalue weighted by molar-refractivity contribution is -0.162. The minimum Gasteiger partial charge on any atom is -0.497 e. The number of allylic oxidation sites excluding steroid dienone is 4. The van der Waals surface area contributed by atoms with E-state index in [-0.39, 0.29) is 66.9 Å². The Labute approximate surface area is 525 Å². The summed E-state index contributed by atoms with van der Waals surface area (Å²) in [4.78, 5) is 71.8. The molecule has 2 atom stereocenters. The van der Waals surface area contributed by atoms with Crippen LogP contribution in [0.2, 0.25) is 0 Å². The molecule has 0 saturated carbocycles. The van der Waals surface area contributed by atoms with Crippen LogP contribution in [-0.4, -0.2) is 81.1 Å². The zero-order chi connectivity index (χ0) is 64.1. The fraction of sp³-hybridized carbons (Fsp3) is 0.730. The molecule has 86 heavy (non-hydrogen) atoms. The number of carbonyl (C=O) groups is 6. The van der Waals surface area contributed by atoms with Crippen molar-refractivity contribution < 1.29 is 47.7 Å². The summed E-state index contributed by atoms with van der Waals surface area (Å²) in [7, 11) is 3.50. The number of ether oxygens (including phenoxy) is 4. The predicted molar refractivity (Wildman–Crippen MR) is 358 cm³/mol. The van der Waals surface area contributed by atoms with E-state index in [1.807, 2.05) is 47.7 Å². The van der Waals surface area contributed by atoms with Gasteiger partial charge in [-0.1, -0.05) is 214 Å². The fourth-order valence-corrected chi connectivity index (χ4v) is 9.95. The molecule has 0 saturated heterocycles. The lowest BCUT2D eigenvalue weighted by Crippen LogP contribution is -2.40. The van der Waals surface area contributed by atoms with Gasteiger partial charge in [0.25, 0.3) is 6.47 Å². The predicted octanol–water partition coefficient (Wildman–Crippen LogP) is 19.3. The van der Waals surface area contributed by atoms with Crippen molar-refractivity contribution in [3.63, 3.8) is 0 Å². The van der Waals surface area contributed by atoms with E-state index in [1.165, 1.54) is 151 Å². The number of ketones is 1. The van der Waals surface area contributed by atoms with Crippen LogP contribution in [0, 0.1) is 16.7 Å². The van der Waals surface area contributed by atoms with Gasteiger partial charge in [-0.25, -0.2) is 0 Å². The third-order valence-electron chi connectivity index (χ3n) is 16.3. The van der Waals surface area contributed by atoms with Crippen molar-refractivity contribution in [2.75, 3.05) is 34.1 Å². The standard InChI is InChI=1S/C36H65NO7.C22H42O.C16H19NO2/c1-7-9-10-11-12-13-14-15-16-17-18-19-20-21-22-23-33(40)43-28-31(8-2)37-32(39)26-35(3,4)24-25-36(5,6)27-34(41)44-30-42-29-38;1-4-6-7-8-9-10-11-12-13-14-15-16-17-18-19-20-22(23)21(3)5-2;1-12(18)17(2)10-9-14-6-4-5-13-7-8-15(19-3)11-16(13)14/h15-16,29,31H,7-14,17-28,30H2,1-6H3,(H,37,39);12-13,21H,4-11,14-20H2,1-3H3;4-8,11H,9-10H2,1-3H3/b16-15-;13-12-;. The van der Waals surface area contributed by atoms with Gasteiger partial charge >= 0.3 is 11.9 Å². The van der Waals surface area contributed by atoms with E-state index in [0.717, 1.165) is 76.5 Å². The summed E-state index contributed by atoms with van der Waals surface area (Å²) in [5, 5.41) is 5.41. The molecule has 12 nitrogen and oxygen atoms in total. The van der Waals surface area contributed by atoms with Gasteiger partial charge in [-0.2, -0.15) is 0 Å². The van der Waals surface area contributed by atoms with Crippen LogP contribution in [0.3, 0.4) is 0 Å². The summed E-state index contributed by atoms with van der Waals surface area (Å²) < 4.78 is 20.0. The molecular weight excluding hydrogens is 1080 g/mol. The molecule has 2 amide bonds. The number of amides is 2. The number of nitrogens with one attached hydrogen (secondary N) is 1. The molecule has 0 spiro atoms. The number of rotatable bonds is 50. The van der Waals surface area contributed by atoms with Crippen LogP contribution in [0.1, 0.15) is 293 Å². The molecule has 0 aliphatic carbocycles. The molecule has 0 aliphatic heterocycles. The Morgan fingerprint density at radius 2 is 1.10 bits per heavy atom. The first kappa shape index (κ1) is 81.0. The molecule has 2 rings (SSSR count). The maximum absolute atomic E-state index is 12.8. The normalized spacial score (nSPS) is 12.2. The fourth-order valence-electron chi connectivity index (χ4n) is 9.95. The summed E-state index contributed by atoms with van der Waals surface area (Å²) in [6, 6.07) is 12.1. The van der Waals surface area contributed by atoms with Gasteiger partial charge in [0.05, 0.1) is 19.6 Å². The van der Waals surface area contributed by atoms with Gasteiger partial charge in [0.1, 0.15) is 18.1 Å². The molecule has 12 heteroatoms. The van der Waals surface area contributed by atoms with Gasteiger partial charge in [-0.3, -0.25) is 28.8 Å². The van der Waals surface area contributed by atoms with Gasteiger partial charge in [-0.05, 0) is 136 Å². The monoisotopic (exact) mass is 1200 g/mol. The van der Waals surface area contributed by atoms with E-state index in [4.69, 9.17) is 14.2 Å². The molecule has 0 aliphatic rings. The smallest absolute Gasteiger partial charge is 0.309 e. The van der Waals surface area contributed by atoms with Gasteiger partial charge in [0.15, 0.2) is 0 Å². The van der Waals surface area contributed by atoms with E-state index in [9.17, 15) is 28.8 Å². The van der Waals surface area contributed by atoms with Crippen molar-refractivity contribution in [2.24, 2.45) is 16.7 Å². The molecule has 2 unspecified atom stereocenters. The van der Waals surface area contributed by atoms with Crippen molar-refractivity contribution in [3.8, 4) is 5.75 Å². The second-order valence-electron chi connectivity index (χ2n) is 25.6. The second kappa shape index (κ2) is 53.1. The number of hydrogen-bond acceptors (Lipinski definition) is 10. The van der Waals surface area contributed by atoms with E-state index in [1.54, 1.807) is 18.9 Å². The highest BCUT2D eigenvalue weighted by atomic mass is 16.7. The van der Waals surface area contributed by atoms with Crippen molar-refractivity contribution >= 4 is 46.8 Å². The second-order valence-corrected chi connectivity index (χ2v) is 25.6. The summed E-state index contributed by atoms with van der Waals surface area (Å²) in [6.07, 6.45) is 48.1. The van der Waals surface area contributed by atoms with Crippen LogP contribution in [0.15, 0.2) is 60.7 Å². The summed E-state index contributed by atoms with van der Waals surface area (Å²) >= 11 is 0. The first-order valence-corrected chi connectivity index (χ1v) is 34.0. The summed E-state index contributed by atoms with van der Waals surface area (Å²) in [5.74, 6) is 0.993. The number of Topliss-reactive ketones (excluding diaryl/α,β-unsaturated/α-hetero) is 1. The number of hydrogen-bond donors (Lipinski definition) is 1. The Morgan fingerprint density at radius 3 is 1.59 bits per heavy atom. The van der Waals surface area contributed by atoms with Crippen LogP contribution in [-0.2, 0) is 49.4 Å². The molecule has 1 N–H and O–H groups in total. The maximum Gasteiger partial charge on any atom is 0.309 e. The summed E-state index contributed by atoms with van der Waals surface area (Å²) in [5.41, 5.74) is 0.644. The van der Waals surface area contributed by atoms with Crippen LogP contribution in [0.25, 0.3) is 10.8 Å². The van der Waals surface area contributed by atoms with Gasteiger partial charge < -0.3 is 29.2 Å². The number of carbonyl (C=O) groups excluding carboxylic acids is 6. The van der Waals surface area contributed by atoms with E-state index >= 15 is 0 Å². The minimum atomic E-state index is -0.426. The quantitative estimate of drug-likeness (QED) is 0.0223. The first-order chi connectivity index (χ1) is 41.3. The molecule has 0 aromatic heterocycles. The number of esters is 2. The number of fused-ring (bicyclic) bond motifs is 1. The third-order valence-corrected chi connectivity index (χ3v) is 16.3. The van der Waals surface area contributed by atoms with Crippen LogP contribution in [0.5, 0.6) is 5.75 Å². The molecule has 0 radical (unpaired) electrons. The highest BCUT2D eigenvalue weighted by Crippen LogP contribution is 2.36. The Kier molecular flexibility index (Phi) is 50.0. The number of benzene rings is 2. The number of likely N-dealkylation sites (N-methyl/N-ethyl adjacent to an activating group) is 1. The minimum absolute atomic E-state index is 0.0709. The zero-order valence-electron chi connectivity index (χ0n) is 56.9. The first-order valence-electron chi connectivity index (χ1n) is 34.0. The highest BCUT2D eigenvalue weighted by Gasteiger charge is 2.29. The van der Waals surface area contributed by atoms with Crippen molar-refractivity contribution in [1.29, 1.82) is 0 Å². The van der Waals surface area contributed by atoms with Crippen molar-refractivity contribution in [2.45, 2.75) is 300 Å². The molecule has 0 fully saturated rings. The Hall–Kier alpha value is -5.00. The van der Waals surface area contributed by atoms with Crippen LogP contribution < -0.4 is 10.1 Å². The molecule has 2 aromatic rings. The number of unbranched alkanes of at least 4 members (excludes halogenated alkanes) is 22. The third kappa shape index (κ3) is 46.2. The van der Waals surface area contributed by atoms with Crippen molar-refractivity contribution in [1.82, 2.24) is 10.2 Å². The maximum atomic E-state index is 12.8. The van der Waals surface area contributed by atoms with Gasteiger partial charge in [0.2, 0.25) is 18.6 Å². The SMILES string of the molecule is CCCCCCCC/C=C\CCCCCCCC(=O)C(C)CC.CCCCCCCC/C=C\CCCCCCCC(=O)OCC(CC)NC(=O)CC(C)(C)CCC(C)(C)CC(=O)OCOC=O.COc1ccc2cccc(CCN(C)C(C)=O)c2c1. The summed E-state index contributed by atoms with van der Waals surface area (Å²) in [6.45, 7) is 21.0. The molecule has 2 aromatic carbocycles. The van der Waals surface area contributed by atoms with Gasteiger partial charge in [0, 0.05) is 45.7 Å². The van der Waals surface area contributed by atoms with Crippen molar-refractivity contribution in [3.05, 3.63) is 66.3 Å². The lowest BCUT2D eigenvalue weighted by atomic mass is 9.76. The molecule has 492 valence electrons. The Bertz CT molecular complexity index is 2130. The van der Waals surface area contributed by atoms with Crippen LogP contribution in [0.4, 0.5) is 0 Å². The van der Waals surface area contributed by atoms with E-state index in [0.29, 0.717) is 25.0 Å². The largest absolute Gasteiger partial charge is 0.497 e. The lowest BCUT2D eigenvalue weighted by Gasteiger charge is -2.31. The average Bonchev–Trinajstić information content (AvgIpc) is 3.43. The molecule has 0 bridgehead atoms. The number of methoxy groups -OCH3 is 1. The zero-order valence-corrected chi connectivity index (χ0v) is 56.9. The van der Waals surface area contributed by atoms with E-state index in [2.05, 4.69) is 92.4 Å². The van der Waals surface area contributed by atoms with Crippen LogP contribution >= 0.6 is 0 Å². The molecular formula is C74H126N2O10. The average molecular weight is 1200 g/mol. The van der Waals surface area contributed by atoms with Gasteiger partial charge in [-0.15, -0.1) is 0 Å². The Balaban J connectivity index is 0.00000142. The van der Waals surface area contributed by atoms with E-state index < -0.39 is 5.97 Å². The Morgan fingerprint density at radius 1 is 0.605 bits per heavy atom. The highest BCUT2D eigenvalue weighted by molar-refractivity contribution is 5.87. The molecule has 0 heterocycles. The topological polar surface area (TPSA) is 155 Å².